The minimum absolute atomic E-state index is 0.0913. The fourth-order valence-corrected chi connectivity index (χ4v) is 5.05. The molecule has 0 spiro atoms. The van der Waals surface area contributed by atoms with Crippen LogP contribution in [-0.4, -0.2) is 64.2 Å². The molecular formula is C8H15N4O13P3. The van der Waals surface area contributed by atoms with Crippen molar-refractivity contribution in [2.24, 2.45) is 5.73 Å². The summed E-state index contributed by atoms with van der Waals surface area (Å²) in [5.74, 6) is -1.21. The Morgan fingerprint density at radius 2 is 1.89 bits per heavy atom. The Kier molecular flexibility index (Phi) is 6.93. The van der Waals surface area contributed by atoms with E-state index >= 15 is 0 Å². The van der Waals surface area contributed by atoms with Crippen LogP contribution in [0.15, 0.2) is 6.33 Å². The van der Waals surface area contributed by atoms with Crippen molar-refractivity contribution in [2.75, 3.05) is 6.61 Å². The second-order valence-corrected chi connectivity index (χ2v) is 9.65. The highest BCUT2D eigenvalue weighted by atomic mass is 31.3. The van der Waals surface area contributed by atoms with Gasteiger partial charge < -0.3 is 35.2 Å². The standard InChI is InChI=1S/C8H15N4O13P3/c9-7(14)8-10-3-12(11-8)6-1-4(13)5(23-6)2-22-27(18,19)25-28(20,21)24-26(15,16)17/h3-6,13H,1-2H2,(H2,9,14)(H,18,19)(H,20,21)(H2,15,16,17)/t4?,5-,6-/m1/s1. The van der Waals surface area contributed by atoms with E-state index in [4.69, 9.17) is 25.2 Å². The van der Waals surface area contributed by atoms with E-state index in [-0.39, 0.29) is 12.2 Å². The largest absolute Gasteiger partial charge is 0.490 e. The predicted octanol–water partition coefficient (Wildman–Crippen LogP) is -1.63. The molecule has 2 heterocycles. The first-order chi connectivity index (χ1) is 12.7. The minimum atomic E-state index is -5.65. The van der Waals surface area contributed by atoms with E-state index in [0.29, 0.717) is 0 Å². The Bertz CT molecular complexity index is 868. The van der Waals surface area contributed by atoms with E-state index in [1.165, 1.54) is 0 Å². The molecule has 28 heavy (non-hydrogen) atoms. The molecule has 1 aliphatic heterocycles. The minimum Gasteiger partial charge on any atom is -0.390 e. The number of carbonyl (C=O) groups is 1. The molecule has 0 saturated carbocycles. The van der Waals surface area contributed by atoms with Gasteiger partial charge in [0.1, 0.15) is 12.4 Å². The van der Waals surface area contributed by atoms with E-state index in [0.717, 1.165) is 11.0 Å². The van der Waals surface area contributed by atoms with Crippen LogP contribution in [0.25, 0.3) is 0 Å². The lowest BCUT2D eigenvalue weighted by Gasteiger charge is -2.19. The molecule has 17 nitrogen and oxygen atoms in total. The van der Waals surface area contributed by atoms with Gasteiger partial charge in [-0.3, -0.25) is 9.32 Å². The lowest BCUT2D eigenvalue weighted by atomic mass is 10.2. The Morgan fingerprint density at radius 1 is 1.25 bits per heavy atom. The van der Waals surface area contributed by atoms with Crippen LogP contribution in [0.3, 0.4) is 0 Å². The van der Waals surface area contributed by atoms with Crippen LogP contribution in [0.4, 0.5) is 0 Å². The zero-order valence-electron chi connectivity index (χ0n) is 13.5. The molecule has 0 bridgehead atoms. The van der Waals surface area contributed by atoms with E-state index in [1.54, 1.807) is 0 Å². The van der Waals surface area contributed by atoms with Crippen molar-refractivity contribution in [2.45, 2.75) is 24.9 Å². The summed E-state index contributed by atoms with van der Waals surface area (Å²) in [7, 11) is -16.5. The monoisotopic (exact) mass is 468 g/mol. The second kappa shape index (κ2) is 8.36. The predicted molar refractivity (Wildman–Crippen MR) is 82.9 cm³/mol. The molecule has 160 valence electrons. The fraction of sp³-hybridized carbons (Fsp3) is 0.625. The molecule has 3 unspecified atom stereocenters. The average Bonchev–Trinajstić information content (AvgIpc) is 3.07. The summed E-state index contributed by atoms with van der Waals surface area (Å²) < 4.78 is 51.2. The number of nitrogens with zero attached hydrogens (tertiary/aromatic N) is 3. The molecule has 5 atom stereocenters. The molecule has 1 amide bonds. The Labute approximate surface area is 155 Å². The van der Waals surface area contributed by atoms with Gasteiger partial charge in [-0.2, -0.15) is 8.62 Å². The number of aliphatic hydroxyl groups excluding tert-OH is 1. The Hall–Kier alpha value is -1.06. The maximum Gasteiger partial charge on any atom is 0.490 e. The zero-order valence-corrected chi connectivity index (χ0v) is 16.2. The van der Waals surface area contributed by atoms with E-state index in [1.807, 2.05) is 0 Å². The summed E-state index contributed by atoms with van der Waals surface area (Å²) in [4.78, 5) is 49.8. The van der Waals surface area contributed by atoms with Crippen LogP contribution in [-0.2, 0) is 31.6 Å². The van der Waals surface area contributed by atoms with Gasteiger partial charge in [-0.25, -0.2) is 23.4 Å². The molecule has 0 radical (unpaired) electrons. The molecule has 0 aromatic carbocycles. The number of rotatable bonds is 9. The van der Waals surface area contributed by atoms with Crippen molar-refractivity contribution < 1.29 is 61.1 Å². The van der Waals surface area contributed by atoms with Crippen LogP contribution >= 0.6 is 23.5 Å². The van der Waals surface area contributed by atoms with Crippen molar-refractivity contribution in [1.29, 1.82) is 0 Å². The number of nitrogens with two attached hydrogens (primary N) is 1. The molecular weight excluding hydrogens is 453 g/mol. The van der Waals surface area contributed by atoms with E-state index in [2.05, 4.69) is 23.2 Å². The summed E-state index contributed by atoms with van der Waals surface area (Å²) in [5, 5.41) is 13.6. The number of carbonyl (C=O) groups excluding carboxylic acids is 1. The van der Waals surface area contributed by atoms with Crippen molar-refractivity contribution >= 4 is 29.4 Å². The first-order valence-corrected chi connectivity index (χ1v) is 11.5. The summed E-state index contributed by atoms with van der Waals surface area (Å²) in [5.41, 5.74) is 5.00. The number of aliphatic hydroxyl groups is 1. The molecule has 2 rings (SSSR count). The van der Waals surface area contributed by atoms with Gasteiger partial charge in [0.2, 0.25) is 5.82 Å². The molecule has 1 aromatic rings. The summed E-state index contributed by atoms with van der Waals surface area (Å²) in [6.45, 7) is -0.835. The number of phosphoric acid groups is 3. The maximum absolute atomic E-state index is 11.6. The van der Waals surface area contributed by atoms with E-state index in [9.17, 15) is 28.5 Å². The number of aromatic nitrogens is 3. The van der Waals surface area contributed by atoms with Crippen LogP contribution in [0.2, 0.25) is 0 Å². The number of ether oxygens (including phenoxy) is 1. The fourth-order valence-electron chi connectivity index (χ4n) is 2.02. The van der Waals surface area contributed by atoms with Gasteiger partial charge in [0.15, 0.2) is 6.23 Å². The van der Waals surface area contributed by atoms with Crippen LogP contribution in [0.1, 0.15) is 23.3 Å². The van der Waals surface area contributed by atoms with Crippen molar-refractivity contribution in [3.63, 3.8) is 0 Å². The highest BCUT2D eigenvalue weighted by Gasteiger charge is 2.43. The van der Waals surface area contributed by atoms with Crippen molar-refractivity contribution in [3.8, 4) is 0 Å². The molecule has 1 fully saturated rings. The first-order valence-electron chi connectivity index (χ1n) is 7.00. The highest BCUT2D eigenvalue weighted by molar-refractivity contribution is 7.66. The van der Waals surface area contributed by atoms with Gasteiger partial charge in [0.25, 0.3) is 5.91 Å². The molecule has 1 aromatic heterocycles. The third-order valence-corrected chi connectivity index (χ3v) is 6.85. The van der Waals surface area contributed by atoms with E-state index < -0.39 is 54.4 Å². The number of amides is 1. The van der Waals surface area contributed by atoms with Gasteiger partial charge in [0, 0.05) is 6.42 Å². The third-order valence-electron chi connectivity index (χ3n) is 3.05. The highest BCUT2D eigenvalue weighted by Crippen LogP contribution is 2.66. The topological polar surface area (TPSA) is 263 Å². The van der Waals surface area contributed by atoms with Crippen molar-refractivity contribution in [1.82, 2.24) is 14.8 Å². The van der Waals surface area contributed by atoms with Gasteiger partial charge in [-0.05, 0) is 0 Å². The van der Waals surface area contributed by atoms with Gasteiger partial charge in [-0.15, -0.1) is 5.10 Å². The summed E-state index contributed by atoms with van der Waals surface area (Å²) in [6.07, 6.45) is -2.42. The van der Waals surface area contributed by atoms with Gasteiger partial charge in [-0.1, -0.05) is 0 Å². The number of phosphoric ester groups is 1. The zero-order chi connectivity index (χ0) is 21.3. The molecule has 1 aliphatic rings. The quantitative estimate of drug-likeness (QED) is 0.222. The lowest BCUT2D eigenvalue weighted by molar-refractivity contribution is -0.0476. The van der Waals surface area contributed by atoms with Gasteiger partial charge >= 0.3 is 23.5 Å². The van der Waals surface area contributed by atoms with Gasteiger partial charge in [0.05, 0.1) is 12.7 Å². The molecule has 0 aliphatic carbocycles. The molecule has 1 saturated heterocycles. The van der Waals surface area contributed by atoms with Crippen LogP contribution in [0, 0.1) is 0 Å². The normalized spacial score (nSPS) is 27.2. The summed E-state index contributed by atoms with van der Waals surface area (Å²) >= 11 is 0. The Balaban J connectivity index is 1.94. The van der Waals surface area contributed by atoms with Crippen LogP contribution in [0.5, 0.6) is 0 Å². The number of primary amides is 1. The SMILES string of the molecule is NC(=O)c1ncn([C@H]2CC(O)[C@@H](COP(=O)(O)OP(=O)(O)OP(=O)(O)O)O2)n1. The average molecular weight is 468 g/mol. The lowest BCUT2D eigenvalue weighted by Crippen LogP contribution is -2.26. The van der Waals surface area contributed by atoms with Crippen LogP contribution < -0.4 is 5.73 Å². The molecule has 20 heteroatoms. The second-order valence-electron chi connectivity index (χ2n) is 5.23. The number of hydrogen-bond donors (Lipinski definition) is 6. The Morgan fingerprint density at radius 3 is 2.43 bits per heavy atom. The smallest absolute Gasteiger partial charge is 0.390 e. The maximum atomic E-state index is 11.6. The number of hydrogen-bond acceptors (Lipinski definition) is 11. The van der Waals surface area contributed by atoms with Crippen molar-refractivity contribution in [3.05, 3.63) is 12.2 Å². The first kappa shape index (κ1) is 23.2. The summed E-state index contributed by atoms with van der Waals surface area (Å²) in [6, 6.07) is 0. The molecule has 7 N–H and O–H groups in total. The third kappa shape index (κ3) is 6.77.